The van der Waals surface area contributed by atoms with Crippen molar-refractivity contribution in [3.05, 3.63) is 45.9 Å². The fraction of sp³-hybridized carbons (Fsp3) is 0.412. The number of halogens is 2. The van der Waals surface area contributed by atoms with Crippen molar-refractivity contribution in [2.75, 3.05) is 11.9 Å². The van der Waals surface area contributed by atoms with Crippen LogP contribution in [0.4, 0.5) is 5.13 Å². The molecule has 1 amide bonds. The number of thiazole rings is 1. The van der Waals surface area contributed by atoms with Crippen molar-refractivity contribution >= 4 is 46.4 Å². The van der Waals surface area contributed by atoms with Crippen LogP contribution < -0.4 is 11.1 Å². The SMILES string of the molecule is Cl.NC[C@H]1CCC[C@H]1C(=O)Nc1ncc(Cc2ccccc2Cl)s1. The van der Waals surface area contributed by atoms with E-state index in [0.29, 0.717) is 17.6 Å². The van der Waals surface area contributed by atoms with Gasteiger partial charge in [-0.1, -0.05) is 36.2 Å². The van der Waals surface area contributed by atoms with Gasteiger partial charge in [0.1, 0.15) is 0 Å². The zero-order chi connectivity index (χ0) is 16.2. The first-order valence-electron chi connectivity index (χ1n) is 7.86. The lowest BCUT2D eigenvalue weighted by molar-refractivity contribution is -0.120. The van der Waals surface area contributed by atoms with E-state index in [0.717, 1.165) is 41.1 Å². The molecule has 1 aromatic carbocycles. The van der Waals surface area contributed by atoms with Gasteiger partial charge in [0, 0.05) is 28.4 Å². The van der Waals surface area contributed by atoms with Gasteiger partial charge in [-0.3, -0.25) is 4.79 Å². The van der Waals surface area contributed by atoms with Crippen molar-refractivity contribution < 1.29 is 4.79 Å². The number of benzene rings is 1. The first-order valence-corrected chi connectivity index (χ1v) is 9.06. The molecule has 3 N–H and O–H groups in total. The van der Waals surface area contributed by atoms with Crippen LogP contribution in [0.25, 0.3) is 0 Å². The summed E-state index contributed by atoms with van der Waals surface area (Å²) in [4.78, 5) is 17.8. The van der Waals surface area contributed by atoms with Gasteiger partial charge in [-0.25, -0.2) is 4.98 Å². The van der Waals surface area contributed by atoms with Gasteiger partial charge < -0.3 is 11.1 Å². The maximum atomic E-state index is 12.4. The quantitative estimate of drug-likeness (QED) is 0.812. The lowest BCUT2D eigenvalue weighted by atomic mass is 9.95. The summed E-state index contributed by atoms with van der Waals surface area (Å²) in [5, 5.41) is 4.35. The zero-order valence-electron chi connectivity index (χ0n) is 13.2. The Balaban J connectivity index is 0.00000208. The lowest BCUT2D eigenvalue weighted by Crippen LogP contribution is -2.29. The van der Waals surface area contributed by atoms with E-state index in [-0.39, 0.29) is 24.2 Å². The second-order valence-electron chi connectivity index (χ2n) is 5.92. The second kappa shape index (κ2) is 8.81. The molecule has 4 nitrogen and oxygen atoms in total. The number of hydrogen-bond acceptors (Lipinski definition) is 4. The van der Waals surface area contributed by atoms with Crippen molar-refractivity contribution in [1.29, 1.82) is 0 Å². The highest BCUT2D eigenvalue weighted by Gasteiger charge is 2.32. The number of hydrogen-bond donors (Lipinski definition) is 2. The van der Waals surface area contributed by atoms with Crippen LogP contribution >= 0.6 is 35.3 Å². The second-order valence-corrected chi connectivity index (χ2v) is 7.44. The average Bonchev–Trinajstić information content (AvgIpc) is 3.18. The number of anilines is 1. The molecule has 1 heterocycles. The Bertz CT molecular complexity index is 692. The fourth-order valence-corrected chi connectivity index (χ4v) is 4.18. The van der Waals surface area contributed by atoms with E-state index >= 15 is 0 Å². The third kappa shape index (κ3) is 4.48. The van der Waals surface area contributed by atoms with Gasteiger partial charge in [0.15, 0.2) is 5.13 Å². The summed E-state index contributed by atoms with van der Waals surface area (Å²) in [7, 11) is 0. The molecule has 0 radical (unpaired) electrons. The largest absolute Gasteiger partial charge is 0.330 e. The molecule has 1 aliphatic carbocycles. The molecular formula is C17H21Cl2N3OS. The smallest absolute Gasteiger partial charge is 0.229 e. The van der Waals surface area contributed by atoms with E-state index in [9.17, 15) is 4.79 Å². The number of carbonyl (C=O) groups is 1. The summed E-state index contributed by atoms with van der Waals surface area (Å²) in [6, 6.07) is 7.77. The van der Waals surface area contributed by atoms with Gasteiger partial charge >= 0.3 is 0 Å². The highest BCUT2D eigenvalue weighted by Crippen LogP contribution is 2.32. The van der Waals surface area contributed by atoms with E-state index in [1.54, 1.807) is 6.20 Å². The van der Waals surface area contributed by atoms with Gasteiger partial charge in [-0.15, -0.1) is 23.7 Å². The van der Waals surface area contributed by atoms with E-state index < -0.39 is 0 Å². The van der Waals surface area contributed by atoms with Crippen LogP contribution in [-0.4, -0.2) is 17.4 Å². The summed E-state index contributed by atoms with van der Waals surface area (Å²) in [5.74, 6) is 0.380. The van der Waals surface area contributed by atoms with E-state index in [1.165, 1.54) is 11.3 Å². The average molecular weight is 386 g/mol. The number of amides is 1. The van der Waals surface area contributed by atoms with Gasteiger partial charge in [0.05, 0.1) is 0 Å². The molecule has 1 aromatic heterocycles. The molecule has 0 aliphatic heterocycles. The number of nitrogens with zero attached hydrogens (tertiary/aromatic N) is 1. The topological polar surface area (TPSA) is 68.0 Å². The van der Waals surface area contributed by atoms with Crippen molar-refractivity contribution in [2.45, 2.75) is 25.7 Å². The van der Waals surface area contributed by atoms with Crippen molar-refractivity contribution in [2.24, 2.45) is 17.6 Å². The minimum atomic E-state index is 0. The standard InChI is InChI=1S/C17H20ClN3OS.ClH/c18-15-7-2-1-4-11(15)8-13-10-20-17(23-13)21-16(22)14-6-3-5-12(14)9-19;/h1-2,4,7,10,12,14H,3,5-6,8-9,19H2,(H,20,21,22);1H/t12-,14-;/m1./s1. The fourth-order valence-electron chi connectivity index (χ4n) is 3.14. The van der Waals surface area contributed by atoms with Crippen molar-refractivity contribution in [1.82, 2.24) is 4.98 Å². The maximum absolute atomic E-state index is 12.4. The molecule has 24 heavy (non-hydrogen) atoms. The van der Waals surface area contributed by atoms with Crippen LogP contribution in [0.15, 0.2) is 30.5 Å². The van der Waals surface area contributed by atoms with Gasteiger partial charge in [-0.05, 0) is 36.9 Å². The lowest BCUT2D eigenvalue weighted by Gasteiger charge is -2.16. The molecule has 7 heteroatoms. The maximum Gasteiger partial charge on any atom is 0.229 e. The molecule has 0 unspecified atom stereocenters. The number of carbonyl (C=O) groups excluding carboxylic acids is 1. The normalized spacial score (nSPS) is 19.8. The number of nitrogens with two attached hydrogens (primary N) is 1. The predicted molar refractivity (Wildman–Crippen MR) is 102 cm³/mol. The first kappa shape index (κ1) is 19.2. The third-order valence-corrected chi connectivity index (χ3v) is 5.69. The van der Waals surface area contributed by atoms with Crippen LogP contribution in [-0.2, 0) is 11.2 Å². The van der Waals surface area contributed by atoms with Gasteiger partial charge in [0.25, 0.3) is 0 Å². The zero-order valence-corrected chi connectivity index (χ0v) is 15.6. The van der Waals surface area contributed by atoms with E-state index in [1.807, 2.05) is 24.3 Å². The Morgan fingerprint density at radius 2 is 2.17 bits per heavy atom. The number of aromatic nitrogens is 1. The molecule has 1 aliphatic rings. The van der Waals surface area contributed by atoms with Crippen LogP contribution in [0.3, 0.4) is 0 Å². The third-order valence-electron chi connectivity index (χ3n) is 4.40. The van der Waals surface area contributed by atoms with Crippen molar-refractivity contribution in [3.63, 3.8) is 0 Å². The minimum absolute atomic E-state index is 0. The van der Waals surface area contributed by atoms with E-state index in [4.69, 9.17) is 17.3 Å². The molecule has 1 saturated carbocycles. The molecule has 0 bridgehead atoms. The molecule has 1 fully saturated rings. The first-order chi connectivity index (χ1) is 11.2. The summed E-state index contributed by atoms with van der Waals surface area (Å²) in [6.07, 6.45) is 5.58. The van der Waals surface area contributed by atoms with Gasteiger partial charge in [-0.2, -0.15) is 0 Å². The minimum Gasteiger partial charge on any atom is -0.330 e. The Morgan fingerprint density at radius 1 is 1.38 bits per heavy atom. The summed E-state index contributed by atoms with van der Waals surface area (Å²) < 4.78 is 0. The van der Waals surface area contributed by atoms with Crippen LogP contribution in [0.2, 0.25) is 5.02 Å². The molecule has 0 spiro atoms. The summed E-state index contributed by atoms with van der Waals surface area (Å²) in [6.45, 7) is 0.577. The Hall–Kier alpha value is -1.14. The van der Waals surface area contributed by atoms with Crippen LogP contribution in [0.5, 0.6) is 0 Å². The monoisotopic (exact) mass is 385 g/mol. The summed E-state index contributed by atoms with van der Waals surface area (Å²) >= 11 is 7.69. The van der Waals surface area contributed by atoms with E-state index in [2.05, 4.69) is 10.3 Å². The Labute approximate surface area is 157 Å². The van der Waals surface area contributed by atoms with Gasteiger partial charge in [0.2, 0.25) is 5.91 Å². The molecule has 3 rings (SSSR count). The van der Waals surface area contributed by atoms with Crippen molar-refractivity contribution in [3.8, 4) is 0 Å². The number of nitrogens with one attached hydrogen (secondary N) is 1. The van der Waals surface area contributed by atoms with Crippen LogP contribution in [0.1, 0.15) is 29.7 Å². The Kier molecular flexibility index (Phi) is 7.04. The molecule has 0 saturated heterocycles. The summed E-state index contributed by atoms with van der Waals surface area (Å²) in [5.41, 5.74) is 6.82. The molecule has 2 atom stereocenters. The highest BCUT2D eigenvalue weighted by molar-refractivity contribution is 7.15. The predicted octanol–water partition coefficient (Wildman–Crippen LogP) is 4.12. The molecule has 130 valence electrons. The Morgan fingerprint density at radius 3 is 2.92 bits per heavy atom. The van der Waals surface area contributed by atoms with Crippen LogP contribution in [0, 0.1) is 11.8 Å². The molecular weight excluding hydrogens is 365 g/mol. The highest BCUT2D eigenvalue weighted by atomic mass is 35.5. The molecule has 2 aromatic rings. The number of rotatable bonds is 5.